The molecule has 1 amide bonds. The normalized spacial score (nSPS) is 28.3. The van der Waals surface area contributed by atoms with Crippen molar-refractivity contribution in [3.8, 4) is 0 Å². The van der Waals surface area contributed by atoms with Gasteiger partial charge in [0.15, 0.2) is 0 Å². The van der Waals surface area contributed by atoms with Gasteiger partial charge in [-0.3, -0.25) is 4.79 Å². The van der Waals surface area contributed by atoms with E-state index in [1.54, 1.807) is 0 Å². The van der Waals surface area contributed by atoms with E-state index >= 15 is 0 Å². The quantitative estimate of drug-likeness (QED) is 0.839. The molecule has 1 aliphatic carbocycles. The summed E-state index contributed by atoms with van der Waals surface area (Å²) in [6, 6.07) is 0.511. The van der Waals surface area contributed by atoms with E-state index in [0.29, 0.717) is 17.9 Å². The standard InChI is InChI=1S/C17H32N2O/c1-4-14-9-16(18-10-15-7-5-6-8-15)12-19(11-14)17(20)13(2)3/h13-16,18H,4-12H2,1-3H3. The van der Waals surface area contributed by atoms with Crippen molar-refractivity contribution >= 4 is 5.91 Å². The first-order valence-electron chi connectivity index (χ1n) is 8.62. The predicted octanol–water partition coefficient (Wildman–Crippen LogP) is 3.05. The highest BCUT2D eigenvalue weighted by molar-refractivity contribution is 5.78. The average molecular weight is 280 g/mol. The summed E-state index contributed by atoms with van der Waals surface area (Å²) < 4.78 is 0. The van der Waals surface area contributed by atoms with E-state index in [1.807, 2.05) is 13.8 Å². The number of likely N-dealkylation sites (tertiary alicyclic amines) is 1. The van der Waals surface area contributed by atoms with Gasteiger partial charge >= 0.3 is 0 Å². The maximum absolute atomic E-state index is 12.3. The van der Waals surface area contributed by atoms with E-state index in [2.05, 4.69) is 17.1 Å². The zero-order valence-corrected chi connectivity index (χ0v) is 13.5. The van der Waals surface area contributed by atoms with Crippen molar-refractivity contribution in [2.45, 2.75) is 65.3 Å². The largest absolute Gasteiger partial charge is 0.341 e. The maximum atomic E-state index is 12.3. The van der Waals surface area contributed by atoms with Gasteiger partial charge in [0.25, 0.3) is 0 Å². The van der Waals surface area contributed by atoms with E-state index in [-0.39, 0.29) is 5.92 Å². The molecule has 2 fully saturated rings. The summed E-state index contributed by atoms with van der Waals surface area (Å²) in [5.41, 5.74) is 0. The fraction of sp³-hybridized carbons (Fsp3) is 0.941. The van der Waals surface area contributed by atoms with Gasteiger partial charge in [-0.05, 0) is 37.6 Å². The third-order valence-electron chi connectivity index (χ3n) is 5.09. The van der Waals surface area contributed by atoms with E-state index in [4.69, 9.17) is 0 Å². The SMILES string of the molecule is CCC1CC(NCC2CCCC2)CN(C(=O)C(C)C)C1. The smallest absolute Gasteiger partial charge is 0.225 e. The Morgan fingerprint density at radius 3 is 2.50 bits per heavy atom. The van der Waals surface area contributed by atoms with Gasteiger partial charge in [0.05, 0.1) is 0 Å². The molecule has 1 saturated heterocycles. The van der Waals surface area contributed by atoms with Gasteiger partial charge in [0, 0.05) is 25.0 Å². The van der Waals surface area contributed by atoms with Crippen LogP contribution in [0.15, 0.2) is 0 Å². The minimum absolute atomic E-state index is 0.126. The van der Waals surface area contributed by atoms with Crippen LogP contribution in [0.5, 0.6) is 0 Å². The van der Waals surface area contributed by atoms with Gasteiger partial charge in [-0.15, -0.1) is 0 Å². The van der Waals surface area contributed by atoms with Gasteiger partial charge in [-0.1, -0.05) is 40.0 Å². The van der Waals surface area contributed by atoms with Crippen molar-refractivity contribution in [3.05, 3.63) is 0 Å². The number of carbonyl (C=O) groups excluding carboxylic acids is 1. The maximum Gasteiger partial charge on any atom is 0.225 e. The number of amides is 1. The number of nitrogens with one attached hydrogen (secondary N) is 1. The zero-order chi connectivity index (χ0) is 14.5. The molecule has 0 radical (unpaired) electrons. The highest BCUT2D eigenvalue weighted by Crippen LogP contribution is 2.25. The fourth-order valence-electron chi connectivity index (χ4n) is 3.74. The van der Waals surface area contributed by atoms with Crippen LogP contribution in [-0.4, -0.2) is 36.5 Å². The third kappa shape index (κ3) is 4.21. The minimum Gasteiger partial charge on any atom is -0.341 e. The molecule has 3 heteroatoms. The van der Waals surface area contributed by atoms with E-state index in [0.717, 1.165) is 25.6 Å². The van der Waals surface area contributed by atoms with Crippen LogP contribution >= 0.6 is 0 Å². The molecular weight excluding hydrogens is 248 g/mol. The summed E-state index contributed by atoms with van der Waals surface area (Å²) in [7, 11) is 0. The summed E-state index contributed by atoms with van der Waals surface area (Å²) in [4.78, 5) is 14.4. The van der Waals surface area contributed by atoms with Gasteiger partial charge < -0.3 is 10.2 Å². The van der Waals surface area contributed by atoms with Gasteiger partial charge in [-0.2, -0.15) is 0 Å². The van der Waals surface area contributed by atoms with Crippen LogP contribution < -0.4 is 5.32 Å². The van der Waals surface area contributed by atoms with E-state index < -0.39 is 0 Å². The zero-order valence-electron chi connectivity index (χ0n) is 13.5. The topological polar surface area (TPSA) is 32.3 Å². The van der Waals surface area contributed by atoms with Crippen molar-refractivity contribution in [1.82, 2.24) is 10.2 Å². The van der Waals surface area contributed by atoms with Crippen LogP contribution in [0.1, 0.15) is 59.3 Å². The molecule has 0 spiro atoms. The Bertz CT molecular complexity index is 310. The molecule has 1 aliphatic heterocycles. The lowest BCUT2D eigenvalue weighted by atomic mass is 9.91. The first kappa shape index (κ1) is 15.8. The molecule has 0 aromatic rings. The predicted molar refractivity (Wildman–Crippen MR) is 83.6 cm³/mol. The summed E-state index contributed by atoms with van der Waals surface area (Å²) in [5.74, 6) is 2.01. The molecule has 2 unspecified atom stereocenters. The molecule has 116 valence electrons. The Morgan fingerprint density at radius 2 is 1.90 bits per heavy atom. The molecule has 20 heavy (non-hydrogen) atoms. The molecule has 1 N–H and O–H groups in total. The monoisotopic (exact) mass is 280 g/mol. The number of piperidine rings is 1. The van der Waals surface area contributed by atoms with Crippen molar-refractivity contribution < 1.29 is 4.79 Å². The molecule has 3 nitrogen and oxygen atoms in total. The van der Waals surface area contributed by atoms with Crippen LogP contribution in [0.3, 0.4) is 0 Å². The fourth-order valence-corrected chi connectivity index (χ4v) is 3.74. The van der Waals surface area contributed by atoms with Crippen molar-refractivity contribution in [2.75, 3.05) is 19.6 Å². The van der Waals surface area contributed by atoms with Crippen molar-refractivity contribution in [2.24, 2.45) is 17.8 Å². The molecule has 2 rings (SSSR count). The number of nitrogens with zero attached hydrogens (tertiary/aromatic N) is 1. The molecule has 0 bridgehead atoms. The van der Waals surface area contributed by atoms with Crippen LogP contribution in [0.25, 0.3) is 0 Å². The van der Waals surface area contributed by atoms with Crippen molar-refractivity contribution in [3.63, 3.8) is 0 Å². The second-order valence-corrected chi connectivity index (χ2v) is 7.16. The Balaban J connectivity index is 1.85. The second kappa shape index (κ2) is 7.44. The van der Waals surface area contributed by atoms with Crippen LogP contribution in [0, 0.1) is 17.8 Å². The molecule has 1 heterocycles. The van der Waals surface area contributed by atoms with Crippen molar-refractivity contribution in [1.29, 1.82) is 0 Å². The number of carbonyl (C=O) groups is 1. The minimum atomic E-state index is 0.126. The highest BCUT2D eigenvalue weighted by Gasteiger charge is 2.30. The van der Waals surface area contributed by atoms with Crippen LogP contribution in [0.4, 0.5) is 0 Å². The highest BCUT2D eigenvalue weighted by atomic mass is 16.2. The molecule has 1 saturated carbocycles. The molecule has 0 aromatic carbocycles. The molecule has 0 aromatic heterocycles. The summed E-state index contributed by atoms with van der Waals surface area (Å²) in [6.45, 7) is 9.32. The molecule has 2 aliphatic rings. The lowest BCUT2D eigenvalue weighted by Crippen LogP contribution is -2.52. The van der Waals surface area contributed by atoms with Crippen LogP contribution in [0.2, 0.25) is 0 Å². The number of hydrogen-bond acceptors (Lipinski definition) is 2. The lowest BCUT2D eigenvalue weighted by Gasteiger charge is -2.39. The molecule has 2 atom stereocenters. The Kier molecular flexibility index (Phi) is 5.88. The van der Waals surface area contributed by atoms with Gasteiger partial charge in [-0.25, -0.2) is 0 Å². The lowest BCUT2D eigenvalue weighted by molar-refractivity contribution is -0.136. The van der Waals surface area contributed by atoms with E-state index in [9.17, 15) is 4.79 Å². The summed E-state index contributed by atoms with van der Waals surface area (Å²) >= 11 is 0. The van der Waals surface area contributed by atoms with Gasteiger partial charge in [0.1, 0.15) is 0 Å². The first-order valence-corrected chi connectivity index (χ1v) is 8.62. The molecular formula is C17H32N2O. The number of rotatable bonds is 5. The Labute approximate surface area is 124 Å². The first-order chi connectivity index (χ1) is 9.60. The second-order valence-electron chi connectivity index (χ2n) is 7.16. The summed E-state index contributed by atoms with van der Waals surface area (Å²) in [6.07, 6.45) is 8.03. The van der Waals surface area contributed by atoms with E-state index in [1.165, 1.54) is 38.5 Å². The Morgan fingerprint density at radius 1 is 1.20 bits per heavy atom. The van der Waals surface area contributed by atoms with Gasteiger partial charge in [0.2, 0.25) is 5.91 Å². The third-order valence-corrected chi connectivity index (χ3v) is 5.09. The number of hydrogen-bond donors (Lipinski definition) is 1. The van der Waals surface area contributed by atoms with Crippen LogP contribution in [-0.2, 0) is 4.79 Å². The average Bonchev–Trinajstić information content (AvgIpc) is 2.97. The summed E-state index contributed by atoms with van der Waals surface area (Å²) in [5, 5.41) is 3.76. The Hall–Kier alpha value is -0.570.